The number of rotatable bonds is 3. The lowest BCUT2D eigenvalue weighted by Gasteiger charge is -2.46. The molecule has 0 radical (unpaired) electrons. The summed E-state index contributed by atoms with van der Waals surface area (Å²) in [5.41, 5.74) is 1.09. The van der Waals surface area contributed by atoms with Crippen molar-refractivity contribution >= 4 is 0 Å². The zero-order chi connectivity index (χ0) is 13.7. The quantitative estimate of drug-likeness (QED) is 0.774. The minimum Gasteiger partial charge on any atom is -0.310 e. The first-order valence-corrected chi connectivity index (χ1v) is 8.69. The van der Waals surface area contributed by atoms with Crippen molar-refractivity contribution in [1.29, 1.82) is 0 Å². The van der Waals surface area contributed by atoms with Crippen molar-refractivity contribution < 1.29 is 0 Å². The van der Waals surface area contributed by atoms with Crippen molar-refractivity contribution in [3.63, 3.8) is 0 Å². The highest BCUT2D eigenvalue weighted by atomic mass is 15.0. The summed E-state index contributed by atoms with van der Waals surface area (Å²) in [4.78, 5) is 0. The fourth-order valence-corrected chi connectivity index (χ4v) is 5.75. The minimum atomic E-state index is 0.510. The molecule has 1 nitrogen and oxygen atoms in total. The summed E-state index contributed by atoms with van der Waals surface area (Å²) in [5, 5.41) is 4.11. The number of hydrogen-bond donors (Lipinski definition) is 1. The molecule has 3 saturated carbocycles. The maximum atomic E-state index is 4.11. The van der Waals surface area contributed by atoms with Gasteiger partial charge >= 0.3 is 0 Å². The maximum absolute atomic E-state index is 4.11. The molecule has 3 aliphatic rings. The zero-order valence-electron chi connectivity index (χ0n) is 13.5. The molecule has 2 bridgehead atoms. The summed E-state index contributed by atoms with van der Waals surface area (Å²) < 4.78 is 0. The Morgan fingerprint density at radius 2 is 1.68 bits per heavy atom. The van der Waals surface area contributed by atoms with Crippen LogP contribution in [0, 0.1) is 22.7 Å². The lowest BCUT2D eigenvalue weighted by Crippen LogP contribution is -2.54. The van der Waals surface area contributed by atoms with Crippen LogP contribution < -0.4 is 5.32 Å². The van der Waals surface area contributed by atoms with E-state index >= 15 is 0 Å². The van der Waals surface area contributed by atoms with Crippen LogP contribution in [0.15, 0.2) is 0 Å². The molecule has 0 aliphatic heterocycles. The summed E-state index contributed by atoms with van der Waals surface area (Å²) >= 11 is 0. The second kappa shape index (κ2) is 4.76. The Morgan fingerprint density at radius 1 is 1.00 bits per heavy atom. The Labute approximate surface area is 119 Å². The van der Waals surface area contributed by atoms with E-state index in [1.54, 1.807) is 0 Å². The molecular weight excluding hydrogens is 230 g/mol. The molecule has 0 aromatic carbocycles. The van der Waals surface area contributed by atoms with Crippen molar-refractivity contribution in [2.75, 3.05) is 0 Å². The number of nitrogens with one attached hydrogen (secondary N) is 1. The molecule has 1 heteroatoms. The van der Waals surface area contributed by atoms with Gasteiger partial charge in [0.05, 0.1) is 0 Å². The molecule has 0 heterocycles. The van der Waals surface area contributed by atoms with Crippen LogP contribution in [0.5, 0.6) is 0 Å². The molecule has 3 fully saturated rings. The zero-order valence-corrected chi connectivity index (χ0v) is 13.5. The van der Waals surface area contributed by atoms with Crippen molar-refractivity contribution in [2.45, 2.75) is 91.1 Å². The Morgan fingerprint density at radius 3 is 2.26 bits per heavy atom. The van der Waals surface area contributed by atoms with Gasteiger partial charge in [-0.2, -0.15) is 0 Å². The smallest absolute Gasteiger partial charge is 0.0177 e. The molecule has 0 amide bonds. The first-order valence-electron chi connectivity index (χ1n) is 8.69. The molecule has 0 spiro atoms. The lowest BCUT2D eigenvalue weighted by atomic mass is 9.68. The van der Waals surface area contributed by atoms with Crippen LogP contribution in [0.4, 0.5) is 0 Å². The van der Waals surface area contributed by atoms with E-state index in [0.717, 1.165) is 23.9 Å². The molecule has 4 atom stereocenters. The van der Waals surface area contributed by atoms with Gasteiger partial charge in [0, 0.05) is 12.1 Å². The molecule has 3 rings (SSSR count). The average Bonchev–Trinajstić information content (AvgIpc) is 2.87. The van der Waals surface area contributed by atoms with Crippen LogP contribution in [0.25, 0.3) is 0 Å². The van der Waals surface area contributed by atoms with Crippen LogP contribution >= 0.6 is 0 Å². The van der Waals surface area contributed by atoms with E-state index in [4.69, 9.17) is 0 Å². The molecule has 0 aromatic heterocycles. The van der Waals surface area contributed by atoms with E-state index in [1.165, 1.54) is 51.4 Å². The Balaban J connectivity index is 1.68. The van der Waals surface area contributed by atoms with Crippen LogP contribution in [0.1, 0.15) is 79.1 Å². The van der Waals surface area contributed by atoms with Gasteiger partial charge < -0.3 is 5.32 Å². The van der Waals surface area contributed by atoms with Gasteiger partial charge in [-0.05, 0) is 61.7 Å². The third-order valence-electron chi connectivity index (χ3n) is 7.06. The van der Waals surface area contributed by atoms with Crippen LogP contribution in [0.3, 0.4) is 0 Å². The van der Waals surface area contributed by atoms with E-state index < -0.39 is 0 Å². The summed E-state index contributed by atoms with van der Waals surface area (Å²) in [5.74, 6) is 1.90. The third kappa shape index (κ3) is 2.26. The number of hydrogen-bond acceptors (Lipinski definition) is 1. The molecule has 4 unspecified atom stereocenters. The fraction of sp³-hybridized carbons (Fsp3) is 1.00. The second-order valence-electron chi connectivity index (χ2n) is 8.70. The molecule has 1 N–H and O–H groups in total. The van der Waals surface area contributed by atoms with Gasteiger partial charge in [-0.15, -0.1) is 0 Å². The SMILES string of the molecule is CC(NC1C2(C)CCC(C2)C1(C)C)C1CCCCC1. The van der Waals surface area contributed by atoms with Crippen LogP contribution in [-0.4, -0.2) is 12.1 Å². The van der Waals surface area contributed by atoms with Gasteiger partial charge in [0.1, 0.15) is 0 Å². The fourth-order valence-electron chi connectivity index (χ4n) is 5.75. The van der Waals surface area contributed by atoms with E-state index in [9.17, 15) is 0 Å². The number of fused-ring (bicyclic) bond motifs is 2. The summed E-state index contributed by atoms with van der Waals surface area (Å²) in [6, 6.07) is 1.47. The Bertz CT molecular complexity index is 324. The Kier molecular flexibility index (Phi) is 3.48. The van der Waals surface area contributed by atoms with Crippen molar-refractivity contribution in [1.82, 2.24) is 5.32 Å². The van der Waals surface area contributed by atoms with Gasteiger partial charge in [0.15, 0.2) is 0 Å². The highest BCUT2D eigenvalue weighted by Crippen LogP contribution is 2.62. The maximum Gasteiger partial charge on any atom is 0.0177 e. The Hall–Kier alpha value is -0.0400. The highest BCUT2D eigenvalue weighted by Gasteiger charge is 2.59. The molecule has 0 saturated heterocycles. The van der Waals surface area contributed by atoms with E-state index in [0.29, 0.717) is 10.8 Å². The van der Waals surface area contributed by atoms with Gasteiger partial charge in [0.2, 0.25) is 0 Å². The summed E-state index contributed by atoms with van der Waals surface area (Å²) in [6.45, 7) is 10.1. The normalized spacial score (nSPS) is 43.6. The van der Waals surface area contributed by atoms with Crippen LogP contribution in [-0.2, 0) is 0 Å². The van der Waals surface area contributed by atoms with Crippen LogP contribution in [0.2, 0.25) is 0 Å². The monoisotopic (exact) mass is 263 g/mol. The van der Waals surface area contributed by atoms with Gasteiger partial charge in [0.25, 0.3) is 0 Å². The van der Waals surface area contributed by atoms with Crippen molar-refractivity contribution in [3.8, 4) is 0 Å². The molecule has 0 aromatic rings. The molecule has 19 heavy (non-hydrogen) atoms. The standard InChI is InChI=1S/C18H33N/c1-13(14-8-6-5-7-9-14)19-16-17(2,3)15-10-11-18(16,4)12-15/h13-16,19H,5-12H2,1-4H3. The topological polar surface area (TPSA) is 12.0 Å². The van der Waals surface area contributed by atoms with E-state index in [1.807, 2.05) is 0 Å². The second-order valence-corrected chi connectivity index (χ2v) is 8.70. The lowest BCUT2D eigenvalue weighted by molar-refractivity contribution is 0.0876. The van der Waals surface area contributed by atoms with Gasteiger partial charge in [-0.25, -0.2) is 0 Å². The molecule has 110 valence electrons. The largest absolute Gasteiger partial charge is 0.310 e. The highest BCUT2D eigenvalue weighted by molar-refractivity contribution is 5.12. The minimum absolute atomic E-state index is 0.510. The first-order chi connectivity index (χ1) is 8.93. The van der Waals surface area contributed by atoms with Gasteiger partial charge in [-0.1, -0.05) is 40.0 Å². The summed E-state index contributed by atoms with van der Waals surface area (Å²) in [7, 11) is 0. The van der Waals surface area contributed by atoms with E-state index in [2.05, 4.69) is 33.0 Å². The predicted molar refractivity (Wildman–Crippen MR) is 82.2 cm³/mol. The predicted octanol–water partition coefficient (Wildman–Crippen LogP) is 4.76. The summed E-state index contributed by atoms with van der Waals surface area (Å²) in [6.07, 6.45) is 11.7. The molecular formula is C18H33N. The average molecular weight is 263 g/mol. The third-order valence-corrected chi connectivity index (χ3v) is 7.06. The van der Waals surface area contributed by atoms with Gasteiger partial charge in [-0.3, -0.25) is 0 Å². The van der Waals surface area contributed by atoms with Crippen molar-refractivity contribution in [3.05, 3.63) is 0 Å². The first kappa shape index (κ1) is 13.9. The van der Waals surface area contributed by atoms with E-state index in [-0.39, 0.29) is 0 Å². The molecule has 3 aliphatic carbocycles. The van der Waals surface area contributed by atoms with Crippen molar-refractivity contribution in [2.24, 2.45) is 22.7 Å².